The summed E-state index contributed by atoms with van der Waals surface area (Å²) in [5.74, 6) is 0.360. The van der Waals surface area contributed by atoms with Gasteiger partial charge in [-0.05, 0) is 55.6 Å². The molecule has 120 valence electrons. The molecule has 0 spiro atoms. The predicted molar refractivity (Wildman–Crippen MR) is 81.1 cm³/mol. The number of carbonyl (C=O) groups is 1. The van der Waals surface area contributed by atoms with Gasteiger partial charge in [-0.25, -0.2) is 13.2 Å². The minimum absolute atomic E-state index is 0.241. The lowest BCUT2D eigenvalue weighted by Gasteiger charge is -2.18. The van der Waals surface area contributed by atoms with Gasteiger partial charge in [0.15, 0.2) is 0 Å². The summed E-state index contributed by atoms with van der Waals surface area (Å²) >= 11 is 0. The van der Waals surface area contributed by atoms with Crippen LogP contribution in [0.1, 0.15) is 15.9 Å². The third-order valence-electron chi connectivity index (χ3n) is 4.60. The zero-order chi connectivity index (χ0) is 15.9. The van der Waals surface area contributed by atoms with Crippen molar-refractivity contribution in [2.75, 3.05) is 33.3 Å². The third-order valence-corrected chi connectivity index (χ3v) is 6.42. The van der Waals surface area contributed by atoms with Gasteiger partial charge >= 0.3 is 5.97 Å². The summed E-state index contributed by atoms with van der Waals surface area (Å²) in [6.45, 7) is 4.62. The van der Waals surface area contributed by atoms with E-state index in [1.54, 1.807) is 17.3 Å². The van der Waals surface area contributed by atoms with Gasteiger partial charge in [0.2, 0.25) is 10.0 Å². The van der Waals surface area contributed by atoms with E-state index in [4.69, 9.17) is 0 Å². The highest BCUT2D eigenvalue weighted by Crippen LogP contribution is 2.31. The summed E-state index contributed by atoms with van der Waals surface area (Å²) in [6.07, 6.45) is 0. The Balaban J connectivity index is 1.87. The Morgan fingerprint density at radius 1 is 1.27 bits per heavy atom. The summed E-state index contributed by atoms with van der Waals surface area (Å²) in [5, 5.41) is 3.30. The van der Waals surface area contributed by atoms with E-state index in [1.807, 2.05) is 0 Å². The van der Waals surface area contributed by atoms with Crippen LogP contribution in [0.2, 0.25) is 0 Å². The second-order valence-corrected chi connectivity index (χ2v) is 7.91. The molecule has 2 aliphatic rings. The number of nitrogens with zero attached hydrogens (tertiary/aromatic N) is 1. The van der Waals surface area contributed by atoms with Crippen molar-refractivity contribution in [1.29, 1.82) is 0 Å². The summed E-state index contributed by atoms with van der Waals surface area (Å²) in [4.78, 5) is 11.8. The number of ether oxygens (including phenoxy) is 1. The van der Waals surface area contributed by atoms with Crippen LogP contribution in [0.4, 0.5) is 0 Å². The van der Waals surface area contributed by atoms with Crippen molar-refractivity contribution in [2.24, 2.45) is 11.8 Å². The zero-order valence-corrected chi connectivity index (χ0v) is 13.5. The highest BCUT2D eigenvalue weighted by atomic mass is 32.2. The molecular weight excluding hydrogens is 304 g/mol. The molecule has 2 saturated heterocycles. The number of esters is 1. The first kappa shape index (κ1) is 15.5. The quantitative estimate of drug-likeness (QED) is 0.825. The number of hydrogen-bond acceptors (Lipinski definition) is 5. The van der Waals surface area contributed by atoms with Crippen molar-refractivity contribution in [3.8, 4) is 0 Å². The van der Waals surface area contributed by atoms with E-state index < -0.39 is 16.0 Å². The summed E-state index contributed by atoms with van der Waals surface area (Å²) in [7, 11) is -2.19. The summed E-state index contributed by atoms with van der Waals surface area (Å²) in [6, 6.07) is 4.56. The highest BCUT2D eigenvalue weighted by molar-refractivity contribution is 7.89. The number of hydrogen-bond donors (Lipinski definition) is 1. The Hall–Kier alpha value is -1.44. The molecule has 0 radical (unpaired) electrons. The number of nitrogens with one attached hydrogen (secondary N) is 1. The zero-order valence-electron chi connectivity index (χ0n) is 12.7. The van der Waals surface area contributed by atoms with Crippen molar-refractivity contribution in [3.05, 3.63) is 29.3 Å². The third kappa shape index (κ3) is 2.53. The van der Waals surface area contributed by atoms with Gasteiger partial charge in [0.05, 0.1) is 17.6 Å². The highest BCUT2D eigenvalue weighted by Gasteiger charge is 2.41. The van der Waals surface area contributed by atoms with E-state index >= 15 is 0 Å². The Morgan fingerprint density at radius 2 is 1.91 bits per heavy atom. The fourth-order valence-electron chi connectivity index (χ4n) is 3.29. The standard InChI is InChI=1S/C15H20N2O4S/c1-10-5-13(3-4-14(10)15(18)21-2)22(19,20)17-8-11-6-16-7-12(11)9-17/h3-5,11-12,16H,6-9H2,1-2H3/t11-,12+. The minimum Gasteiger partial charge on any atom is -0.465 e. The molecule has 7 heteroatoms. The van der Waals surface area contributed by atoms with Crippen LogP contribution in [0.15, 0.2) is 23.1 Å². The average molecular weight is 324 g/mol. The van der Waals surface area contributed by atoms with Gasteiger partial charge in [-0.1, -0.05) is 0 Å². The number of benzene rings is 1. The fraction of sp³-hybridized carbons (Fsp3) is 0.533. The fourth-order valence-corrected chi connectivity index (χ4v) is 4.93. The number of rotatable bonds is 3. The topological polar surface area (TPSA) is 75.7 Å². The Bertz CT molecular complexity index is 689. The first-order chi connectivity index (χ1) is 10.4. The molecule has 1 aromatic rings. The molecule has 2 fully saturated rings. The van der Waals surface area contributed by atoms with Gasteiger partial charge in [-0.2, -0.15) is 4.31 Å². The van der Waals surface area contributed by atoms with E-state index in [2.05, 4.69) is 10.1 Å². The maximum Gasteiger partial charge on any atom is 0.338 e. The molecule has 2 heterocycles. The van der Waals surface area contributed by atoms with Crippen LogP contribution in [-0.2, 0) is 14.8 Å². The lowest BCUT2D eigenvalue weighted by molar-refractivity contribution is 0.0600. The van der Waals surface area contributed by atoms with Crippen molar-refractivity contribution in [3.63, 3.8) is 0 Å². The molecule has 2 aliphatic heterocycles. The monoisotopic (exact) mass is 324 g/mol. The first-order valence-corrected chi connectivity index (χ1v) is 8.77. The van der Waals surface area contributed by atoms with E-state index in [9.17, 15) is 13.2 Å². The van der Waals surface area contributed by atoms with Crippen molar-refractivity contribution in [1.82, 2.24) is 9.62 Å². The lowest BCUT2D eigenvalue weighted by Crippen LogP contribution is -2.32. The van der Waals surface area contributed by atoms with Crippen LogP contribution in [0, 0.1) is 18.8 Å². The van der Waals surface area contributed by atoms with Crippen LogP contribution < -0.4 is 5.32 Å². The number of carbonyl (C=O) groups excluding carboxylic acids is 1. The molecule has 0 saturated carbocycles. The summed E-state index contributed by atoms with van der Waals surface area (Å²) in [5.41, 5.74) is 0.998. The van der Waals surface area contributed by atoms with Gasteiger partial charge in [0.25, 0.3) is 0 Å². The van der Waals surface area contributed by atoms with Crippen molar-refractivity contribution >= 4 is 16.0 Å². The van der Waals surface area contributed by atoms with E-state index in [0.29, 0.717) is 36.1 Å². The average Bonchev–Trinajstić information content (AvgIpc) is 3.07. The number of sulfonamides is 1. The van der Waals surface area contributed by atoms with E-state index in [1.165, 1.54) is 19.2 Å². The van der Waals surface area contributed by atoms with Gasteiger partial charge < -0.3 is 10.1 Å². The molecular formula is C15H20N2O4S. The number of aryl methyl sites for hydroxylation is 1. The maximum atomic E-state index is 12.8. The maximum absolute atomic E-state index is 12.8. The molecule has 0 aromatic heterocycles. The van der Waals surface area contributed by atoms with E-state index in [-0.39, 0.29) is 4.90 Å². The lowest BCUT2D eigenvalue weighted by atomic mass is 10.0. The molecule has 22 heavy (non-hydrogen) atoms. The number of fused-ring (bicyclic) bond motifs is 1. The Labute approximate surface area is 130 Å². The molecule has 1 aromatic carbocycles. The van der Waals surface area contributed by atoms with Gasteiger partial charge in [0, 0.05) is 13.1 Å². The molecule has 2 atom stereocenters. The molecule has 3 rings (SSSR count). The van der Waals surface area contributed by atoms with Crippen LogP contribution in [0.5, 0.6) is 0 Å². The smallest absolute Gasteiger partial charge is 0.338 e. The minimum atomic E-state index is -3.50. The molecule has 1 N–H and O–H groups in total. The Morgan fingerprint density at radius 3 is 2.45 bits per heavy atom. The molecule has 0 bridgehead atoms. The van der Waals surface area contributed by atoms with Gasteiger partial charge in [-0.15, -0.1) is 0 Å². The molecule has 0 amide bonds. The van der Waals surface area contributed by atoms with Crippen LogP contribution in [0.3, 0.4) is 0 Å². The Kier molecular flexibility index (Phi) is 3.96. The largest absolute Gasteiger partial charge is 0.465 e. The van der Waals surface area contributed by atoms with Gasteiger partial charge in [-0.3, -0.25) is 0 Å². The molecule has 0 aliphatic carbocycles. The summed E-state index contributed by atoms with van der Waals surface area (Å²) < 4.78 is 31.8. The SMILES string of the molecule is COC(=O)c1ccc(S(=O)(=O)N2C[C@H]3CNC[C@H]3C2)cc1C. The molecule has 0 unspecified atom stereocenters. The normalized spacial score (nSPS) is 25.2. The van der Waals surface area contributed by atoms with E-state index in [0.717, 1.165) is 13.1 Å². The first-order valence-electron chi connectivity index (χ1n) is 7.33. The van der Waals surface area contributed by atoms with Crippen molar-refractivity contribution < 1.29 is 17.9 Å². The van der Waals surface area contributed by atoms with Crippen LogP contribution in [-0.4, -0.2) is 52.0 Å². The number of methoxy groups -OCH3 is 1. The van der Waals surface area contributed by atoms with Crippen molar-refractivity contribution in [2.45, 2.75) is 11.8 Å². The second-order valence-electron chi connectivity index (χ2n) is 5.97. The molecule has 6 nitrogen and oxygen atoms in total. The van der Waals surface area contributed by atoms with Gasteiger partial charge in [0.1, 0.15) is 0 Å². The van der Waals surface area contributed by atoms with Crippen LogP contribution in [0.25, 0.3) is 0 Å². The predicted octanol–water partition coefficient (Wildman–Crippen LogP) is 0.622. The van der Waals surface area contributed by atoms with Crippen LogP contribution >= 0.6 is 0 Å². The second kappa shape index (κ2) is 5.64.